The zero-order valence-corrected chi connectivity index (χ0v) is 18.9. The van der Waals surface area contributed by atoms with Crippen molar-refractivity contribution in [1.29, 1.82) is 5.26 Å². The summed E-state index contributed by atoms with van der Waals surface area (Å²) in [7, 11) is -3.58. The molecule has 1 amide bonds. The topological polar surface area (TPSA) is 93.5 Å². The van der Waals surface area contributed by atoms with Gasteiger partial charge in [0.15, 0.2) is 0 Å². The van der Waals surface area contributed by atoms with Crippen molar-refractivity contribution in [2.24, 2.45) is 0 Å². The van der Waals surface area contributed by atoms with E-state index in [2.05, 4.69) is 32.2 Å². The summed E-state index contributed by atoms with van der Waals surface area (Å²) in [6.07, 6.45) is 0. The van der Waals surface area contributed by atoms with Gasteiger partial charge in [-0.15, -0.1) is 0 Å². The molecule has 0 unspecified atom stereocenters. The fraction of sp³-hybridized carbons (Fsp3) is 0.391. The average molecular weight is 441 g/mol. The first-order valence-corrected chi connectivity index (χ1v) is 11.7. The minimum Gasteiger partial charge on any atom is -0.376 e. The van der Waals surface area contributed by atoms with Crippen LogP contribution in [0.2, 0.25) is 0 Å². The number of nitrogens with one attached hydrogen (secondary N) is 1. The van der Waals surface area contributed by atoms with Crippen LogP contribution in [-0.2, 0) is 20.2 Å². The molecule has 0 aromatic heterocycles. The number of piperazine rings is 1. The van der Waals surface area contributed by atoms with Gasteiger partial charge in [0, 0.05) is 31.9 Å². The van der Waals surface area contributed by atoms with Crippen molar-refractivity contribution in [1.82, 2.24) is 9.21 Å². The molecule has 0 saturated carbocycles. The van der Waals surface area contributed by atoms with Crippen LogP contribution in [0, 0.1) is 11.3 Å². The van der Waals surface area contributed by atoms with Crippen molar-refractivity contribution in [2.45, 2.75) is 31.1 Å². The molecule has 1 heterocycles. The Kier molecular flexibility index (Phi) is 6.68. The molecule has 0 radical (unpaired) electrons. The second kappa shape index (κ2) is 9.08. The first kappa shape index (κ1) is 22.8. The third-order valence-electron chi connectivity index (χ3n) is 5.41. The lowest BCUT2D eigenvalue weighted by Crippen LogP contribution is -2.51. The van der Waals surface area contributed by atoms with Gasteiger partial charge in [-0.05, 0) is 47.4 Å². The highest BCUT2D eigenvalue weighted by atomic mass is 32.2. The molecule has 1 N–H and O–H groups in total. The summed E-state index contributed by atoms with van der Waals surface area (Å²) in [5.41, 5.74) is 2.35. The summed E-state index contributed by atoms with van der Waals surface area (Å²) >= 11 is 0. The minimum absolute atomic E-state index is 0.0416. The van der Waals surface area contributed by atoms with E-state index in [9.17, 15) is 13.2 Å². The van der Waals surface area contributed by atoms with Gasteiger partial charge in [0.25, 0.3) is 0 Å². The van der Waals surface area contributed by atoms with Crippen LogP contribution in [0.1, 0.15) is 31.9 Å². The Hall–Kier alpha value is -2.89. The Morgan fingerprint density at radius 2 is 1.58 bits per heavy atom. The fourth-order valence-electron chi connectivity index (χ4n) is 3.41. The van der Waals surface area contributed by atoms with Gasteiger partial charge in [0.1, 0.15) is 0 Å². The highest BCUT2D eigenvalue weighted by molar-refractivity contribution is 7.89. The van der Waals surface area contributed by atoms with E-state index in [0.717, 1.165) is 11.3 Å². The van der Waals surface area contributed by atoms with Crippen molar-refractivity contribution >= 4 is 21.6 Å². The highest BCUT2D eigenvalue weighted by Gasteiger charge is 2.30. The molecule has 0 aliphatic carbocycles. The third kappa shape index (κ3) is 5.43. The van der Waals surface area contributed by atoms with Gasteiger partial charge < -0.3 is 10.2 Å². The lowest BCUT2D eigenvalue weighted by Gasteiger charge is -2.34. The van der Waals surface area contributed by atoms with Crippen LogP contribution in [0.5, 0.6) is 0 Å². The predicted molar refractivity (Wildman–Crippen MR) is 120 cm³/mol. The van der Waals surface area contributed by atoms with Crippen LogP contribution in [0.25, 0.3) is 0 Å². The monoisotopic (exact) mass is 440 g/mol. The second-order valence-electron chi connectivity index (χ2n) is 8.60. The summed E-state index contributed by atoms with van der Waals surface area (Å²) in [6.45, 7) is 7.63. The first-order chi connectivity index (χ1) is 14.6. The van der Waals surface area contributed by atoms with Crippen molar-refractivity contribution in [3.63, 3.8) is 0 Å². The SMILES string of the molecule is CC(C)(C)c1ccc(S(=O)(=O)N2CCN(C(=O)CNc3ccc(C#N)cc3)CC2)cc1. The van der Waals surface area contributed by atoms with E-state index in [1.807, 2.05) is 12.1 Å². The highest BCUT2D eigenvalue weighted by Crippen LogP contribution is 2.25. The van der Waals surface area contributed by atoms with Gasteiger partial charge in [-0.1, -0.05) is 32.9 Å². The number of rotatable bonds is 5. The summed E-state index contributed by atoms with van der Waals surface area (Å²) in [5, 5.41) is 11.9. The number of hydrogen-bond acceptors (Lipinski definition) is 5. The summed E-state index contributed by atoms with van der Waals surface area (Å²) < 4.78 is 27.4. The number of carbonyl (C=O) groups is 1. The smallest absolute Gasteiger partial charge is 0.243 e. The Balaban J connectivity index is 1.55. The molecule has 31 heavy (non-hydrogen) atoms. The van der Waals surface area contributed by atoms with Crippen LogP contribution >= 0.6 is 0 Å². The molecular weight excluding hydrogens is 412 g/mol. The van der Waals surface area contributed by atoms with Gasteiger partial charge in [-0.3, -0.25) is 4.79 Å². The van der Waals surface area contributed by atoms with Crippen LogP contribution in [0.3, 0.4) is 0 Å². The number of hydrogen-bond donors (Lipinski definition) is 1. The zero-order valence-electron chi connectivity index (χ0n) is 18.1. The summed E-state index contributed by atoms with van der Waals surface area (Å²) in [4.78, 5) is 14.4. The number of nitriles is 1. The molecule has 0 spiro atoms. The quantitative estimate of drug-likeness (QED) is 0.772. The van der Waals surface area contributed by atoms with Gasteiger partial charge in [-0.25, -0.2) is 8.42 Å². The van der Waals surface area contributed by atoms with Gasteiger partial charge in [0.05, 0.1) is 23.1 Å². The zero-order chi connectivity index (χ0) is 22.6. The lowest BCUT2D eigenvalue weighted by molar-refractivity contribution is -0.130. The number of anilines is 1. The molecule has 0 bridgehead atoms. The van der Waals surface area contributed by atoms with Crippen LogP contribution in [0.4, 0.5) is 5.69 Å². The molecule has 164 valence electrons. The standard InChI is InChI=1S/C23H28N4O3S/c1-23(2,3)19-6-10-21(11-7-19)31(29,30)27-14-12-26(13-15-27)22(28)17-25-20-8-4-18(16-24)5-9-20/h4-11,25H,12-15,17H2,1-3H3. The normalized spacial score (nSPS) is 15.4. The Morgan fingerprint density at radius 3 is 2.10 bits per heavy atom. The lowest BCUT2D eigenvalue weighted by atomic mass is 9.87. The Morgan fingerprint density at radius 1 is 1.00 bits per heavy atom. The van der Waals surface area contributed by atoms with Crippen LogP contribution in [-0.4, -0.2) is 56.3 Å². The van der Waals surface area contributed by atoms with E-state index in [4.69, 9.17) is 5.26 Å². The van der Waals surface area contributed by atoms with E-state index < -0.39 is 10.0 Å². The number of sulfonamides is 1. The van der Waals surface area contributed by atoms with Crippen molar-refractivity contribution < 1.29 is 13.2 Å². The molecule has 1 fully saturated rings. The van der Waals surface area contributed by atoms with Gasteiger partial charge >= 0.3 is 0 Å². The second-order valence-corrected chi connectivity index (χ2v) is 10.5. The third-order valence-corrected chi connectivity index (χ3v) is 7.32. The molecule has 3 rings (SSSR count). The maximum Gasteiger partial charge on any atom is 0.243 e. The van der Waals surface area contributed by atoms with Crippen molar-refractivity contribution in [3.05, 3.63) is 59.7 Å². The summed E-state index contributed by atoms with van der Waals surface area (Å²) in [6, 6.07) is 16.0. The predicted octanol–water partition coefficient (Wildman–Crippen LogP) is 2.80. The Bertz CT molecular complexity index is 1060. The van der Waals surface area contributed by atoms with Crippen LogP contribution in [0.15, 0.2) is 53.4 Å². The molecule has 2 aromatic rings. The van der Waals surface area contributed by atoms with Crippen LogP contribution < -0.4 is 5.32 Å². The van der Waals surface area contributed by atoms with Crippen molar-refractivity contribution in [2.75, 3.05) is 38.0 Å². The van der Waals surface area contributed by atoms with Gasteiger partial charge in [-0.2, -0.15) is 9.57 Å². The van der Waals surface area contributed by atoms with E-state index in [1.165, 1.54) is 4.31 Å². The number of benzene rings is 2. The van der Waals surface area contributed by atoms with Gasteiger partial charge in [0.2, 0.25) is 15.9 Å². The molecule has 2 aromatic carbocycles. The molecule has 1 saturated heterocycles. The van der Waals surface area contributed by atoms with E-state index in [1.54, 1.807) is 41.3 Å². The number of carbonyl (C=O) groups excluding carboxylic acids is 1. The number of nitrogens with zero attached hydrogens (tertiary/aromatic N) is 3. The maximum atomic E-state index is 13.0. The molecule has 8 heteroatoms. The maximum absolute atomic E-state index is 13.0. The minimum atomic E-state index is -3.58. The first-order valence-electron chi connectivity index (χ1n) is 10.2. The molecule has 7 nitrogen and oxygen atoms in total. The molecular formula is C23H28N4O3S. The fourth-order valence-corrected chi connectivity index (χ4v) is 4.83. The number of amides is 1. The van der Waals surface area contributed by atoms with E-state index in [-0.39, 0.29) is 35.9 Å². The Labute approximate surface area is 184 Å². The van der Waals surface area contributed by atoms with E-state index in [0.29, 0.717) is 18.7 Å². The average Bonchev–Trinajstić information content (AvgIpc) is 2.77. The van der Waals surface area contributed by atoms with E-state index >= 15 is 0 Å². The molecule has 0 atom stereocenters. The molecule has 1 aliphatic rings. The van der Waals surface area contributed by atoms with Crippen molar-refractivity contribution in [3.8, 4) is 6.07 Å². The summed E-state index contributed by atoms with van der Waals surface area (Å²) in [5.74, 6) is -0.0871. The molecule has 1 aliphatic heterocycles. The largest absolute Gasteiger partial charge is 0.376 e.